The largest absolute Gasteiger partial charge is 0.384 e. The van der Waals surface area contributed by atoms with Crippen molar-refractivity contribution in [3.63, 3.8) is 0 Å². The molecule has 2 atom stereocenters. The molecule has 2 heterocycles. The normalized spacial score (nSPS) is 24.8. The van der Waals surface area contributed by atoms with Gasteiger partial charge in [0.2, 0.25) is 0 Å². The third-order valence-corrected chi connectivity index (χ3v) is 6.06. The van der Waals surface area contributed by atoms with Crippen molar-refractivity contribution in [2.75, 3.05) is 44.2 Å². The molecule has 0 spiro atoms. The lowest BCUT2D eigenvalue weighted by Gasteiger charge is -2.49. The summed E-state index contributed by atoms with van der Waals surface area (Å²) >= 11 is 0. The molecule has 0 saturated carbocycles. The summed E-state index contributed by atoms with van der Waals surface area (Å²) in [5, 5.41) is 7.66. The highest BCUT2D eigenvalue weighted by atomic mass is 15.3. The first-order chi connectivity index (χ1) is 12.5. The average molecular weight is 356 g/mol. The van der Waals surface area contributed by atoms with E-state index in [1.807, 2.05) is 18.2 Å². The summed E-state index contributed by atoms with van der Waals surface area (Å²) in [5.74, 6) is 0.853. The molecule has 2 unspecified atom stereocenters. The molecule has 1 aromatic carbocycles. The minimum atomic E-state index is 0.123. The first-order valence-electron chi connectivity index (χ1n) is 9.89. The summed E-state index contributed by atoms with van der Waals surface area (Å²) in [6.45, 7) is 15.4. The van der Waals surface area contributed by atoms with Crippen molar-refractivity contribution in [3.8, 4) is 0 Å². The van der Waals surface area contributed by atoms with Crippen LogP contribution in [-0.2, 0) is 0 Å². The molecule has 2 aliphatic rings. The van der Waals surface area contributed by atoms with Gasteiger partial charge in [-0.25, -0.2) is 0 Å². The van der Waals surface area contributed by atoms with E-state index in [9.17, 15) is 0 Å². The Labute approximate surface area is 158 Å². The third kappa shape index (κ3) is 3.88. The van der Waals surface area contributed by atoms with Gasteiger partial charge in [0.25, 0.3) is 0 Å². The fourth-order valence-electron chi connectivity index (χ4n) is 4.46. The van der Waals surface area contributed by atoms with Crippen LogP contribution in [0.3, 0.4) is 0 Å². The number of likely N-dealkylation sites (tertiary alicyclic amines) is 1. The van der Waals surface area contributed by atoms with Crippen LogP contribution in [0.2, 0.25) is 0 Å². The van der Waals surface area contributed by atoms with Crippen LogP contribution in [0.5, 0.6) is 0 Å². The molecular formula is C21H33N5. The summed E-state index contributed by atoms with van der Waals surface area (Å²) in [6.07, 6.45) is 2.47. The van der Waals surface area contributed by atoms with Gasteiger partial charge in [-0.05, 0) is 31.0 Å². The molecule has 2 aliphatic heterocycles. The second-order valence-electron chi connectivity index (χ2n) is 7.56. The van der Waals surface area contributed by atoms with E-state index < -0.39 is 0 Å². The van der Waals surface area contributed by atoms with Gasteiger partial charge in [0.05, 0.1) is 6.54 Å². The Morgan fingerprint density at radius 2 is 2.08 bits per heavy atom. The lowest BCUT2D eigenvalue weighted by Crippen LogP contribution is -2.55. The molecule has 3 N–H and O–H groups in total. The van der Waals surface area contributed by atoms with Crippen LogP contribution < -0.4 is 10.6 Å². The second kappa shape index (κ2) is 8.12. The lowest BCUT2D eigenvalue weighted by atomic mass is 9.88. The highest BCUT2D eigenvalue weighted by Gasteiger charge is 2.34. The zero-order chi connectivity index (χ0) is 18.7. The fourth-order valence-corrected chi connectivity index (χ4v) is 4.46. The SMILES string of the molecule is C=C1CN(c2cccc(C(=N)N)c2)CCN1C1CCN(CC)CC1CC. The second-order valence-corrected chi connectivity index (χ2v) is 7.56. The Balaban J connectivity index is 1.68. The van der Waals surface area contributed by atoms with Gasteiger partial charge in [0, 0.05) is 49.2 Å². The van der Waals surface area contributed by atoms with Crippen molar-refractivity contribution < 1.29 is 0 Å². The first-order valence-corrected chi connectivity index (χ1v) is 9.89. The number of anilines is 1. The quantitative estimate of drug-likeness (QED) is 0.630. The Kier molecular flexibility index (Phi) is 5.87. The Hall–Kier alpha value is -2.01. The molecule has 2 fully saturated rings. The van der Waals surface area contributed by atoms with Gasteiger partial charge >= 0.3 is 0 Å². The number of hydrogen-bond acceptors (Lipinski definition) is 4. The minimum Gasteiger partial charge on any atom is -0.384 e. The number of piperazine rings is 1. The zero-order valence-corrected chi connectivity index (χ0v) is 16.2. The molecule has 0 amide bonds. The van der Waals surface area contributed by atoms with Crippen LogP contribution in [0, 0.1) is 11.3 Å². The van der Waals surface area contributed by atoms with E-state index in [-0.39, 0.29) is 5.84 Å². The average Bonchev–Trinajstić information content (AvgIpc) is 2.67. The molecule has 0 aliphatic carbocycles. The van der Waals surface area contributed by atoms with E-state index >= 15 is 0 Å². The maximum absolute atomic E-state index is 7.66. The highest BCUT2D eigenvalue weighted by Crippen LogP contribution is 2.30. The molecule has 26 heavy (non-hydrogen) atoms. The summed E-state index contributed by atoms with van der Waals surface area (Å²) in [4.78, 5) is 7.51. The number of hydrogen-bond donors (Lipinski definition) is 2. The summed E-state index contributed by atoms with van der Waals surface area (Å²) in [5.41, 5.74) is 8.78. The summed E-state index contributed by atoms with van der Waals surface area (Å²) in [7, 11) is 0. The number of benzene rings is 1. The van der Waals surface area contributed by atoms with Crippen LogP contribution >= 0.6 is 0 Å². The van der Waals surface area contributed by atoms with Gasteiger partial charge in [0.1, 0.15) is 5.84 Å². The van der Waals surface area contributed by atoms with Crippen molar-refractivity contribution >= 4 is 11.5 Å². The maximum atomic E-state index is 7.66. The molecule has 3 rings (SSSR count). The smallest absolute Gasteiger partial charge is 0.122 e. The van der Waals surface area contributed by atoms with Gasteiger partial charge in [0.15, 0.2) is 0 Å². The van der Waals surface area contributed by atoms with Crippen molar-refractivity contribution in [3.05, 3.63) is 42.1 Å². The van der Waals surface area contributed by atoms with E-state index in [0.717, 1.165) is 43.3 Å². The molecule has 0 radical (unpaired) electrons. The van der Waals surface area contributed by atoms with Crippen LogP contribution in [0.1, 0.15) is 32.3 Å². The molecule has 5 nitrogen and oxygen atoms in total. The lowest BCUT2D eigenvalue weighted by molar-refractivity contribution is 0.0727. The van der Waals surface area contributed by atoms with Crippen molar-refractivity contribution in [1.29, 1.82) is 5.41 Å². The molecule has 2 saturated heterocycles. The molecule has 5 heteroatoms. The summed E-state index contributed by atoms with van der Waals surface area (Å²) in [6, 6.07) is 8.61. The third-order valence-electron chi connectivity index (χ3n) is 6.06. The Morgan fingerprint density at radius 1 is 1.27 bits per heavy atom. The van der Waals surface area contributed by atoms with Crippen LogP contribution in [0.25, 0.3) is 0 Å². The number of rotatable bonds is 5. The molecular weight excluding hydrogens is 322 g/mol. The van der Waals surface area contributed by atoms with Crippen molar-refractivity contribution in [1.82, 2.24) is 9.80 Å². The molecule has 1 aromatic rings. The topological polar surface area (TPSA) is 59.6 Å². The zero-order valence-electron chi connectivity index (χ0n) is 16.2. The maximum Gasteiger partial charge on any atom is 0.122 e. The number of piperidine rings is 1. The fraction of sp³-hybridized carbons (Fsp3) is 0.571. The van der Waals surface area contributed by atoms with Crippen molar-refractivity contribution in [2.24, 2.45) is 11.7 Å². The van der Waals surface area contributed by atoms with Crippen LogP contribution in [-0.4, -0.2) is 60.9 Å². The standard InChI is InChI=1S/C21H33N5/c1-4-17-15-24(5-2)10-9-20(17)26-12-11-25(14-16(26)3)19-8-6-7-18(13-19)21(22)23/h6-8,13,17,20H,3-5,9-12,14-15H2,1-2H3,(H3,22,23). The van der Waals surface area contributed by atoms with E-state index in [1.165, 1.54) is 31.6 Å². The van der Waals surface area contributed by atoms with Gasteiger partial charge in [-0.1, -0.05) is 39.0 Å². The van der Waals surface area contributed by atoms with Crippen molar-refractivity contribution in [2.45, 2.75) is 32.7 Å². The number of nitrogen functional groups attached to an aromatic ring is 1. The predicted octanol–water partition coefficient (Wildman–Crippen LogP) is 2.73. The van der Waals surface area contributed by atoms with Gasteiger partial charge < -0.3 is 20.4 Å². The van der Waals surface area contributed by atoms with E-state index in [0.29, 0.717) is 6.04 Å². The molecule has 0 aromatic heterocycles. The minimum absolute atomic E-state index is 0.123. The van der Waals surface area contributed by atoms with E-state index in [4.69, 9.17) is 11.1 Å². The van der Waals surface area contributed by atoms with Gasteiger partial charge in [-0.15, -0.1) is 0 Å². The number of amidine groups is 1. The number of nitrogens with zero attached hydrogens (tertiary/aromatic N) is 3. The number of nitrogens with one attached hydrogen (secondary N) is 1. The Morgan fingerprint density at radius 3 is 2.73 bits per heavy atom. The van der Waals surface area contributed by atoms with Gasteiger partial charge in [-0.2, -0.15) is 0 Å². The van der Waals surface area contributed by atoms with Crippen LogP contribution in [0.4, 0.5) is 5.69 Å². The Bertz CT molecular complexity index is 656. The molecule has 0 bridgehead atoms. The molecule has 142 valence electrons. The monoisotopic (exact) mass is 355 g/mol. The van der Waals surface area contributed by atoms with E-state index in [2.05, 4.69) is 41.2 Å². The first kappa shape index (κ1) is 18.8. The van der Waals surface area contributed by atoms with Crippen LogP contribution in [0.15, 0.2) is 36.5 Å². The van der Waals surface area contributed by atoms with E-state index in [1.54, 1.807) is 0 Å². The van der Waals surface area contributed by atoms with Gasteiger partial charge in [-0.3, -0.25) is 5.41 Å². The number of nitrogens with two attached hydrogens (primary N) is 1. The predicted molar refractivity (Wildman–Crippen MR) is 110 cm³/mol. The highest BCUT2D eigenvalue weighted by molar-refractivity contribution is 5.95. The summed E-state index contributed by atoms with van der Waals surface area (Å²) < 4.78 is 0.